The molecule has 2 aromatic heterocycles. The Labute approximate surface area is 351 Å². The van der Waals surface area contributed by atoms with Crippen LogP contribution in [-0.2, 0) is 20.7 Å². The van der Waals surface area contributed by atoms with Crippen LogP contribution >= 0.6 is 0 Å². The van der Waals surface area contributed by atoms with E-state index >= 15 is 0 Å². The van der Waals surface area contributed by atoms with Crippen molar-refractivity contribution in [2.24, 2.45) is 17.3 Å². The zero-order valence-corrected chi connectivity index (χ0v) is 35.5. The Kier molecular flexibility index (Phi) is 10.5. The normalized spacial score (nSPS) is 20.6. The molecule has 0 bridgehead atoms. The van der Waals surface area contributed by atoms with Crippen molar-refractivity contribution in [3.63, 3.8) is 0 Å². The standard InChI is InChI=1S/C48H57N7O5/c1-27(2)23-40(56)54-21-9-11-38(54)44-49-34-17-13-29(24-36(34)51-44)31-15-16-32(41-33(31)26-48(43(41)57)19-7-6-8-20-48)30-14-18-35-37(25-30)52-45(50-35)39-12-10-22-55(39)46(58)42(28(3)4)53-47(59)60-5/h13-18,24-25,27-28,38-39,42H,6-12,19-23,26H2,1-5H3,(H,49,51)(H,50,52)(H,53,59)/t38?,39-,42+/m1/s1. The van der Waals surface area contributed by atoms with Gasteiger partial charge in [-0.2, -0.15) is 0 Å². The van der Waals surface area contributed by atoms with E-state index in [1.54, 1.807) is 0 Å². The molecule has 314 valence electrons. The minimum atomic E-state index is -0.711. The van der Waals surface area contributed by atoms with Gasteiger partial charge in [0.1, 0.15) is 17.7 Å². The zero-order chi connectivity index (χ0) is 41.9. The molecule has 0 radical (unpaired) electrons. The number of benzene rings is 3. The average Bonchev–Trinajstić information content (AvgIpc) is 4.09. The van der Waals surface area contributed by atoms with Gasteiger partial charge in [0.05, 0.1) is 41.3 Å². The summed E-state index contributed by atoms with van der Waals surface area (Å²) in [4.78, 5) is 74.9. The number of imidazole rings is 2. The Morgan fingerprint density at radius 2 is 1.38 bits per heavy atom. The lowest BCUT2D eigenvalue weighted by Gasteiger charge is -2.31. The van der Waals surface area contributed by atoms with Gasteiger partial charge in [-0.15, -0.1) is 0 Å². The van der Waals surface area contributed by atoms with E-state index < -0.39 is 12.1 Å². The SMILES string of the molecule is COC(=O)N[C@H](C(=O)N1CCC[C@@H]1c1nc2ccc(-c3ccc(-c4ccc5nc(C6CCCN6C(=O)CC(C)C)[nH]c5c4)c4c3C(=O)C3(CCCCC3)C4)cc2[nH]1)C(C)C. The van der Waals surface area contributed by atoms with Crippen LogP contribution in [0.15, 0.2) is 48.5 Å². The molecule has 1 unspecified atom stereocenters. The number of methoxy groups -OCH3 is 1. The molecule has 9 rings (SSSR count). The summed E-state index contributed by atoms with van der Waals surface area (Å²) in [6.07, 6.45) is 9.19. The molecule has 60 heavy (non-hydrogen) atoms. The maximum Gasteiger partial charge on any atom is 0.407 e. The van der Waals surface area contributed by atoms with Crippen LogP contribution in [-0.4, -0.2) is 79.7 Å². The molecule has 5 aromatic rings. The first-order valence-corrected chi connectivity index (χ1v) is 22.1. The molecule has 2 aliphatic carbocycles. The van der Waals surface area contributed by atoms with Gasteiger partial charge in [-0.3, -0.25) is 14.4 Å². The fraction of sp³-hybridized carbons (Fsp3) is 0.500. The van der Waals surface area contributed by atoms with E-state index in [0.29, 0.717) is 24.7 Å². The average molecular weight is 812 g/mol. The van der Waals surface area contributed by atoms with Crippen molar-refractivity contribution in [2.45, 2.75) is 116 Å². The Morgan fingerprint density at radius 3 is 1.98 bits per heavy atom. The van der Waals surface area contributed by atoms with Crippen molar-refractivity contribution < 1.29 is 23.9 Å². The number of carbonyl (C=O) groups is 4. The van der Waals surface area contributed by atoms with E-state index in [9.17, 15) is 19.2 Å². The molecule has 3 atom stereocenters. The fourth-order valence-electron chi connectivity index (χ4n) is 10.6. The summed E-state index contributed by atoms with van der Waals surface area (Å²) in [6, 6.07) is 15.8. The van der Waals surface area contributed by atoms with E-state index in [-0.39, 0.29) is 41.0 Å². The van der Waals surface area contributed by atoms with Gasteiger partial charge in [-0.1, -0.05) is 71.2 Å². The Morgan fingerprint density at radius 1 is 0.800 bits per heavy atom. The van der Waals surface area contributed by atoms with Crippen LogP contribution in [0.4, 0.5) is 4.79 Å². The van der Waals surface area contributed by atoms with Crippen molar-refractivity contribution in [3.05, 3.63) is 71.3 Å². The number of H-pyrrole nitrogens is 2. The molecule has 12 nitrogen and oxygen atoms in total. The summed E-state index contributed by atoms with van der Waals surface area (Å²) in [6.45, 7) is 9.33. The van der Waals surface area contributed by atoms with Crippen LogP contribution in [0.5, 0.6) is 0 Å². The second-order valence-corrected chi connectivity index (χ2v) is 18.5. The van der Waals surface area contributed by atoms with Crippen LogP contribution < -0.4 is 5.32 Å². The number of aromatic nitrogens is 4. The van der Waals surface area contributed by atoms with Crippen LogP contribution in [0.1, 0.15) is 132 Å². The first kappa shape index (κ1) is 39.9. The molecular weight excluding hydrogens is 755 g/mol. The number of ketones is 1. The first-order valence-electron chi connectivity index (χ1n) is 22.1. The number of alkyl carbamates (subject to hydrolysis) is 1. The highest BCUT2D eigenvalue weighted by molar-refractivity contribution is 6.12. The number of fused-ring (bicyclic) bond motifs is 3. The van der Waals surface area contributed by atoms with E-state index in [2.05, 4.69) is 71.6 Å². The molecular formula is C48H57N7O5. The first-order chi connectivity index (χ1) is 28.9. The summed E-state index contributed by atoms with van der Waals surface area (Å²) in [5, 5.41) is 2.73. The number of likely N-dealkylation sites (tertiary alicyclic amines) is 2. The van der Waals surface area contributed by atoms with Crippen molar-refractivity contribution >= 4 is 45.8 Å². The Hall–Kier alpha value is -5.52. The number of nitrogens with one attached hydrogen (secondary N) is 3. The van der Waals surface area contributed by atoms with Crippen LogP contribution in [0, 0.1) is 17.3 Å². The number of Topliss-reactive ketones (excluding diaryl/α,β-unsaturated/α-hetero) is 1. The smallest absolute Gasteiger partial charge is 0.407 e. The highest BCUT2D eigenvalue weighted by Crippen LogP contribution is 2.52. The van der Waals surface area contributed by atoms with Gasteiger partial charge in [0, 0.05) is 30.5 Å². The van der Waals surface area contributed by atoms with Crippen LogP contribution in [0.2, 0.25) is 0 Å². The second-order valence-electron chi connectivity index (χ2n) is 18.5. The third-order valence-corrected chi connectivity index (χ3v) is 13.7. The lowest BCUT2D eigenvalue weighted by Crippen LogP contribution is -2.51. The van der Waals surface area contributed by atoms with Gasteiger partial charge >= 0.3 is 6.09 Å². The molecule has 4 aliphatic rings. The minimum absolute atomic E-state index is 0.0464. The molecule has 12 heteroatoms. The predicted octanol–water partition coefficient (Wildman–Crippen LogP) is 9.22. The number of carbonyl (C=O) groups excluding carboxylic acids is 4. The fourth-order valence-corrected chi connectivity index (χ4v) is 10.6. The summed E-state index contributed by atoms with van der Waals surface area (Å²) < 4.78 is 4.81. The molecule has 3 amide bonds. The molecule has 3 aromatic carbocycles. The summed E-state index contributed by atoms with van der Waals surface area (Å²) in [5.74, 6) is 2.04. The monoisotopic (exact) mass is 811 g/mol. The van der Waals surface area contributed by atoms with Crippen molar-refractivity contribution in [3.8, 4) is 22.3 Å². The van der Waals surface area contributed by atoms with Gasteiger partial charge in [-0.05, 0) is 109 Å². The number of hydrogen-bond acceptors (Lipinski definition) is 7. The third-order valence-electron chi connectivity index (χ3n) is 13.7. The summed E-state index contributed by atoms with van der Waals surface area (Å²) in [5.41, 5.74) is 9.02. The Bertz CT molecular complexity index is 2490. The summed E-state index contributed by atoms with van der Waals surface area (Å²) in [7, 11) is 1.30. The van der Waals surface area contributed by atoms with Crippen molar-refractivity contribution in [1.82, 2.24) is 35.1 Å². The van der Waals surface area contributed by atoms with Gasteiger partial charge < -0.3 is 29.8 Å². The van der Waals surface area contributed by atoms with E-state index in [1.807, 2.05) is 29.7 Å². The lowest BCUT2D eigenvalue weighted by molar-refractivity contribution is -0.135. The zero-order valence-electron chi connectivity index (χ0n) is 35.5. The maximum atomic E-state index is 14.9. The Balaban J connectivity index is 1.05. The molecule has 1 spiro atoms. The molecule has 2 saturated heterocycles. The van der Waals surface area contributed by atoms with Crippen molar-refractivity contribution in [1.29, 1.82) is 0 Å². The van der Waals surface area contributed by atoms with Gasteiger partial charge in [0.25, 0.3) is 0 Å². The molecule has 3 fully saturated rings. The van der Waals surface area contributed by atoms with E-state index in [1.165, 1.54) is 7.11 Å². The minimum Gasteiger partial charge on any atom is -0.453 e. The second kappa shape index (κ2) is 15.8. The molecule has 3 N–H and O–H groups in total. The maximum absolute atomic E-state index is 14.9. The highest BCUT2D eigenvalue weighted by Gasteiger charge is 2.48. The number of aromatic amines is 2. The van der Waals surface area contributed by atoms with Gasteiger partial charge in [0.15, 0.2) is 5.78 Å². The number of rotatable bonds is 9. The third kappa shape index (κ3) is 7.05. The lowest BCUT2D eigenvalue weighted by atomic mass is 9.71. The predicted molar refractivity (Wildman–Crippen MR) is 231 cm³/mol. The topological polar surface area (TPSA) is 153 Å². The van der Waals surface area contributed by atoms with Gasteiger partial charge in [-0.25, -0.2) is 14.8 Å². The number of nitrogens with zero attached hydrogens (tertiary/aromatic N) is 4. The molecule has 2 aliphatic heterocycles. The number of amides is 3. The molecule has 4 heterocycles. The van der Waals surface area contributed by atoms with Crippen LogP contribution in [0.25, 0.3) is 44.3 Å². The number of ether oxygens (including phenoxy) is 1. The van der Waals surface area contributed by atoms with E-state index in [0.717, 1.165) is 132 Å². The summed E-state index contributed by atoms with van der Waals surface area (Å²) >= 11 is 0. The van der Waals surface area contributed by atoms with Gasteiger partial charge in [0.2, 0.25) is 11.8 Å². The van der Waals surface area contributed by atoms with E-state index in [4.69, 9.17) is 14.7 Å². The number of hydrogen-bond donors (Lipinski definition) is 3. The van der Waals surface area contributed by atoms with Crippen LogP contribution in [0.3, 0.4) is 0 Å². The highest BCUT2D eigenvalue weighted by atomic mass is 16.5. The van der Waals surface area contributed by atoms with Crippen molar-refractivity contribution in [2.75, 3.05) is 20.2 Å². The molecule has 1 saturated carbocycles. The largest absolute Gasteiger partial charge is 0.453 e. The quantitative estimate of drug-likeness (QED) is 0.134.